The molecule has 0 aromatic heterocycles. The first-order chi connectivity index (χ1) is 0. The van der Waals surface area contributed by atoms with Gasteiger partial charge in [0.15, 0.2) is 0 Å². The molecule has 4 nitrogen and oxygen atoms in total. The van der Waals surface area contributed by atoms with Crippen LogP contribution in [0.3, 0.4) is 0 Å². The van der Waals surface area contributed by atoms with E-state index in [1.54, 1.807) is 0 Å². The first-order valence-electron chi connectivity index (χ1n) is 0. The number of rotatable bonds is 0. The fourth-order valence-corrected chi connectivity index (χ4v) is 0. The van der Waals surface area contributed by atoms with Crippen molar-refractivity contribution in [3.05, 3.63) is 0 Å². The minimum absolute atomic E-state index is 0. The summed E-state index contributed by atoms with van der Waals surface area (Å²) in [4.78, 5) is 0. The summed E-state index contributed by atoms with van der Waals surface area (Å²) in [6.45, 7) is 0. The summed E-state index contributed by atoms with van der Waals surface area (Å²) in [7, 11) is 0. The Labute approximate surface area is 48.5 Å². The van der Waals surface area contributed by atoms with Crippen molar-refractivity contribution in [3.63, 3.8) is 0 Å². The van der Waals surface area contributed by atoms with E-state index < -0.39 is 0 Å². The van der Waals surface area contributed by atoms with Crippen LogP contribution >= 0.6 is 0 Å². The standard InChI is InChI=1S/Bi.4O/q;4*-2. The minimum Gasteiger partial charge on any atom is -2.00 e. The molecule has 0 rings (SSSR count). The number of hydrogen-bond donors (Lipinski definition) is 0. The summed E-state index contributed by atoms with van der Waals surface area (Å²) in [5.41, 5.74) is 0. The summed E-state index contributed by atoms with van der Waals surface area (Å²) < 4.78 is 0. The zero-order chi connectivity index (χ0) is 0. The quantitative estimate of drug-likeness (QED) is 0.511. The van der Waals surface area contributed by atoms with Crippen molar-refractivity contribution in [1.29, 1.82) is 0 Å². The van der Waals surface area contributed by atoms with Gasteiger partial charge in [0.2, 0.25) is 0 Å². The van der Waals surface area contributed by atoms with Gasteiger partial charge in [0, 0.05) is 26.2 Å². The third-order valence-corrected chi connectivity index (χ3v) is 0. The van der Waals surface area contributed by atoms with E-state index >= 15 is 0 Å². The zero-order valence-corrected chi connectivity index (χ0v) is 5.56. The Morgan fingerprint density at radius 1 is 0.400 bits per heavy atom. The molecule has 0 aromatic carbocycles. The van der Waals surface area contributed by atoms with E-state index in [4.69, 9.17) is 0 Å². The molecule has 37 valence electrons. The van der Waals surface area contributed by atoms with Gasteiger partial charge in [0.05, 0.1) is 0 Å². The van der Waals surface area contributed by atoms with Crippen molar-refractivity contribution in [1.82, 2.24) is 0 Å². The van der Waals surface area contributed by atoms with Crippen LogP contribution < -0.4 is 0 Å². The van der Waals surface area contributed by atoms with Crippen LogP contribution in [0.2, 0.25) is 0 Å². The molecule has 0 saturated carbocycles. The summed E-state index contributed by atoms with van der Waals surface area (Å²) in [5.74, 6) is 0. The normalized spacial score (nSPS) is 0. The van der Waals surface area contributed by atoms with Gasteiger partial charge in [-0.25, -0.2) is 0 Å². The molecule has 0 amide bonds. The van der Waals surface area contributed by atoms with E-state index in [0.717, 1.165) is 0 Å². The van der Waals surface area contributed by atoms with Crippen LogP contribution in [-0.2, 0) is 21.9 Å². The Hall–Kier alpha value is 0.723. The van der Waals surface area contributed by atoms with Crippen LogP contribution in [0.15, 0.2) is 0 Å². The molecule has 0 N–H and O–H groups in total. The maximum absolute atomic E-state index is 0. The molecule has 3 radical (unpaired) electrons. The van der Waals surface area contributed by atoms with E-state index in [1.165, 1.54) is 0 Å². The van der Waals surface area contributed by atoms with Gasteiger partial charge in [-0.3, -0.25) is 0 Å². The molecule has 0 unspecified atom stereocenters. The van der Waals surface area contributed by atoms with Gasteiger partial charge in [-0.15, -0.1) is 0 Å². The van der Waals surface area contributed by atoms with Crippen molar-refractivity contribution in [3.8, 4) is 0 Å². The van der Waals surface area contributed by atoms with E-state index in [0.29, 0.717) is 0 Å². The average Bonchev–Trinajstić information content (AvgIpc) is 0. The molecule has 0 aromatic rings. The van der Waals surface area contributed by atoms with Gasteiger partial charge in [0.25, 0.3) is 0 Å². The SMILES string of the molecule is [Bi].[O-2].[O-2].[O-2].[O-2]. The summed E-state index contributed by atoms with van der Waals surface area (Å²) >= 11 is 0. The van der Waals surface area contributed by atoms with Crippen LogP contribution in [0.25, 0.3) is 0 Å². The third kappa shape index (κ3) is 67.0. The second-order valence-corrected chi connectivity index (χ2v) is 0. The largest absolute Gasteiger partial charge is 2.00 e. The van der Waals surface area contributed by atoms with Gasteiger partial charge in [-0.2, -0.15) is 0 Å². The van der Waals surface area contributed by atoms with E-state index in [-0.39, 0.29) is 48.1 Å². The Morgan fingerprint density at radius 3 is 0.400 bits per heavy atom. The van der Waals surface area contributed by atoms with Crippen LogP contribution in [-0.4, -0.2) is 26.2 Å². The van der Waals surface area contributed by atoms with Gasteiger partial charge in [-0.05, 0) is 0 Å². The molecule has 0 bridgehead atoms. The Kier molecular flexibility index (Phi) is 6110. The van der Waals surface area contributed by atoms with Crippen LogP contribution in [0.5, 0.6) is 0 Å². The first kappa shape index (κ1) is 244. The summed E-state index contributed by atoms with van der Waals surface area (Å²) in [5, 5.41) is 0. The van der Waals surface area contributed by atoms with Gasteiger partial charge in [-0.1, -0.05) is 0 Å². The Balaban J connectivity index is 0. The minimum atomic E-state index is 0. The van der Waals surface area contributed by atoms with E-state index in [1.807, 2.05) is 0 Å². The molecular formula is BiO4-8. The van der Waals surface area contributed by atoms with Crippen molar-refractivity contribution < 1.29 is 21.9 Å². The van der Waals surface area contributed by atoms with Gasteiger partial charge >= 0.3 is 0 Å². The Bertz CT molecular complexity index is 3.61. The summed E-state index contributed by atoms with van der Waals surface area (Å²) in [6.07, 6.45) is 0. The maximum atomic E-state index is 0. The predicted molar refractivity (Wildman–Crippen MR) is 8.50 cm³/mol. The molecule has 0 aliphatic rings. The second kappa shape index (κ2) is 125. The van der Waals surface area contributed by atoms with E-state index in [2.05, 4.69) is 0 Å². The zero-order valence-electron chi connectivity index (χ0n) is 2.08. The summed E-state index contributed by atoms with van der Waals surface area (Å²) in [6, 6.07) is 0. The molecule has 0 aliphatic carbocycles. The molecule has 0 fully saturated rings. The molecule has 5 heteroatoms. The van der Waals surface area contributed by atoms with Crippen molar-refractivity contribution >= 4 is 26.2 Å². The molecule has 0 saturated heterocycles. The second-order valence-electron chi connectivity index (χ2n) is 0. The monoisotopic (exact) mass is 273 g/mol. The van der Waals surface area contributed by atoms with Crippen molar-refractivity contribution in [2.75, 3.05) is 0 Å². The molecule has 0 aliphatic heterocycles. The topological polar surface area (TPSA) is 114 Å². The fourth-order valence-electron chi connectivity index (χ4n) is 0. The molecule has 0 spiro atoms. The van der Waals surface area contributed by atoms with Crippen LogP contribution in [0, 0.1) is 0 Å². The molecular weight excluding hydrogens is 273 g/mol. The van der Waals surface area contributed by atoms with Crippen LogP contribution in [0.1, 0.15) is 0 Å². The molecule has 0 heterocycles. The number of hydrogen-bond acceptors (Lipinski definition) is 0. The van der Waals surface area contributed by atoms with E-state index in [9.17, 15) is 0 Å². The predicted octanol–water partition coefficient (Wildman–Crippen LogP) is -0.856. The molecule has 5 heavy (non-hydrogen) atoms. The first-order valence-corrected chi connectivity index (χ1v) is 0. The van der Waals surface area contributed by atoms with Gasteiger partial charge < -0.3 is 21.9 Å². The molecule has 0 atom stereocenters. The van der Waals surface area contributed by atoms with Gasteiger partial charge in [0.1, 0.15) is 0 Å². The average molecular weight is 273 g/mol. The Morgan fingerprint density at radius 2 is 0.400 bits per heavy atom. The van der Waals surface area contributed by atoms with Crippen molar-refractivity contribution in [2.24, 2.45) is 0 Å². The van der Waals surface area contributed by atoms with Crippen molar-refractivity contribution in [2.45, 2.75) is 0 Å². The fraction of sp³-hybridized carbons (Fsp3) is 0. The van der Waals surface area contributed by atoms with Crippen LogP contribution in [0.4, 0.5) is 0 Å². The third-order valence-electron chi connectivity index (χ3n) is 0. The maximum Gasteiger partial charge on any atom is 0 e. The smallest absolute Gasteiger partial charge is 0 e.